The van der Waals surface area contributed by atoms with Crippen LogP contribution in [0.5, 0.6) is 0 Å². The first kappa shape index (κ1) is 14.7. The van der Waals surface area contributed by atoms with Gasteiger partial charge in [0.05, 0.1) is 12.3 Å². The van der Waals surface area contributed by atoms with Crippen molar-refractivity contribution in [1.29, 1.82) is 0 Å². The smallest absolute Gasteiger partial charge is 0.392 e. The molecular formula is C17H18N4O3. The van der Waals surface area contributed by atoms with Gasteiger partial charge in [-0.2, -0.15) is 0 Å². The SMILES string of the molecule is O=C(Cc1c[nH]c2ccccc12)N1CCCC(c2n[nH]c(=O)o2)C1. The Morgan fingerprint density at radius 2 is 2.25 bits per heavy atom. The van der Waals surface area contributed by atoms with Gasteiger partial charge in [0.15, 0.2) is 0 Å². The standard InChI is InChI=1S/C17H18N4O3/c22-15(8-12-9-18-14-6-2-1-5-13(12)14)21-7-3-4-11(10-21)16-19-20-17(23)24-16/h1-2,5-6,9,11,18H,3-4,7-8,10H2,(H,20,23). The van der Waals surface area contributed by atoms with Crippen molar-refractivity contribution in [3.63, 3.8) is 0 Å². The molecular weight excluding hydrogens is 308 g/mol. The number of aromatic nitrogens is 3. The van der Waals surface area contributed by atoms with Crippen LogP contribution in [0.25, 0.3) is 10.9 Å². The number of aromatic amines is 2. The summed E-state index contributed by atoms with van der Waals surface area (Å²) in [4.78, 5) is 28.8. The number of carbonyl (C=O) groups excluding carboxylic acids is 1. The molecule has 0 radical (unpaired) electrons. The lowest BCUT2D eigenvalue weighted by atomic mass is 9.97. The number of hydrogen-bond donors (Lipinski definition) is 2. The van der Waals surface area contributed by atoms with Gasteiger partial charge in [-0.05, 0) is 24.5 Å². The third-order valence-corrected chi connectivity index (χ3v) is 4.59. The second-order valence-electron chi connectivity index (χ2n) is 6.17. The number of H-pyrrole nitrogens is 2. The van der Waals surface area contributed by atoms with Gasteiger partial charge in [-0.3, -0.25) is 4.79 Å². The maximum atomic E-state index is 12.7. The van der Waals surface area contributed by atoms with E-state index in [0.29, 0.717) is 18.9 Å². The van der Waals surface area contributed by atoms with E-state index in [4.69, 9.17) is 4.42 Å². The minimum absolute atomic E-state index is 0.0235. The number of hydrogen-bond acceptors (Lipinski definition) is 4. The van der Waals surface area contributed by atoms with Crippen LogP contribution in [0.15, 0.2) is 39.7 Å². The van der Waals surface area contributed by atoms with Gasteiger partial charge in [0, 0.05) is 30.2 Å². The van der Waals surface area contributed by atoms with Crippen LogP contribution in [-0.2, 0) is 11.2 Å². The van der Waals surface area contributed by atoms with E-state index >= 15 is 0 Å². The highest BCUT2D eigenvalue weighted by Gasteiger charge is 2.28. The molecule has 124 valence electrons. The summed E-state index contributed by atoms with van der Waals surface area (Å²) in [6.07, 6.45) is 4.00. The molecule has 24 heavy (non-hydrogen) atoms. The van der Waals surface area contributed by atoms with Crippen LogP contribution >= 0.6 is 0 Å². The highest BCUT2D eigenvalue weighted by atomic mass is 16.4. The minimum Gasteiger partial charge on any atom is -0.392 e. The zero-order valence-corrected chi connectivity index (χ0v) is 13.1. The largest absolute Gasteiger partial charge is 0.434 e. The van der Waals surface area contributed by atoms with Crippen molar-refractivity contribution in [3.05, 3.63) is 52.5 Å². The number of fused-ring (bicyclic) bond motifs is 1. The van der Waals surface area contributed by atoms with Gasteiger partial charge in [0.2, 0.25) is 11.8 Å². The predicted octanol–water partition coefficient (Wildman–Crippen LogP) is 1.79. The van der Waals surface area contributed by atoms with Crippen molar-refractivity contribution >= 4 is 16.8 Å². The summed E-state index contributed by atoms with van der Waals surface area (Å²) in [6.45, 7) is 1.27. The molecule has 1 amide bonds. The van der Waals surface area contributed by atoms with E-state index in [2.05, 4.69) is 15.2 Å². The minimum atomic E-state index is -0.549. The number of benzene rings is 1. The predicted molar refractivity (Wildman–Crippen MR) is 87.7 cm³/mol. The first-order valence-electron chi connectivity index (χ1n) is 8.09. The van der Waals surface area contributed by atoms with Gasteiger partial charge in [0.1, 0.15) is 0 Å². The lowest BCUT2D eigenvalue weighted by Gasteiger charge is -2.31. The van der Waals surface area contributed by atoms with Gasteiger partial charge in [-0.25, -0.2) is 9.89 Å². The Morgan fingerprint density at radius 1 is 1.38 bits per heavy atom. The fraction of sp³-hybridized carbons (Fsp3) is 0.353. The van der Waals surface area contributed by atoms with E-state index in [1.165, 1.54) is 0 Å². The number of para-hydroxylation sites is 1. The van der Waals surface area contributed by atoms with E-state index in [1.54, 1.807) is 0 Å². The number of rotatable bonds is 3. The number of nitrogens with one attached hydrogen (secondary N) is 2. The van der Waals surface area contributed by atoms with Crippen molar-refractivity contribution in [1.82, 2.24) is 20.1 Å². The maximum Gasteiger partial charge on any atom is 0.434 e. The average Bonchev–Trinajstić information content (AvgIpc) is 3.22. The Hall–Kier alpha value is -2.83. The van der Waals surface area contributed by atoms with Crippen LogP contribution in [0.1, 0.15) is 30.2 Å². The Bertz CT molecular complexity index is 923. The maximum absolute atomic E-state index is 12.7. The van der Waals surface area contributed by atoms with Crippen molar-refractivity contribution in [2.45, 2.75) is 25.2 Å². The van der Waals surface area contributed by atoms with Crippen LogP contribution in [-0.4, -0.2) is 39.1 Å². The molecule has 7 heteroatoms. The van der Waals surface area contributed by atoms with E-state index in [0.717, 1.165) is 35.9 Å². The lowest BCUT2D eigenvalue weighted by Crippen LogP contribution is -2.40. The van der Waals surface area contributed by atoms with Crippen molar-refractivity contribution < 1.29 is 9.21 Å². The number of likely N-dealkylation sites (tertiary alicyclic amines) is 1. The first-order chi connectivity index (χ1) is 11.7. The van der Waals surface area contributed by atoms with Gasteiger partial charge in [-0.15, -0.1) is 5.10 Å². The summed E-state index contributed by atoms with van der Waals surface area (Å²) < 4.78 is 5.05. The molecule has 0 aliphatic carbocycles. The topological polar surface area (TPSA) is 95.0 Å². The van der Waals surface area contributed by atoms with Crippen LogP contribution in [0.4, 0.5) is 0 Å². The number of nitrogens with zero attached hydrogens (tertiary/aromatic N) is 2. The van der Waals surface area contributed by atoms with Gasteiger partial charge in [-0.1, -0.05) is 18.2 Å². The zero-order valence-electron chi connectivity index (χ0n) is 13.1. The average molecular weight is 326 g/mol. The molecule has 0 bridgehead atoms. The molecule has 3 aromatic rings. The normalized spacial score (nSPS) is 18.2. The number of piperidine rings is 1. The Labute approximate surface area is 137 Å². The summed E-state index contributed by atoms with van der Waals surface area (Å²) in [6, 6.07) is 7.96. The zero-order chi connectivity index (χ0) is 16.5. The monoisotopic (exact) mass is 326 g/mol. The Balaban J connectivity index is 1.48. The molecule has 1 aromatic carbocycles. The van der Waals surface area contributed by atoms with Crippen LogP contribution in [0.3, 0.4) is 0 Å². The molecule has 1 aliphatic rings. The molecule has 1 unspecified atom stereocenters. The summed E-state index contributed by atoms with van der Waals surface area (Å²) in [7, 11) is 0. The quantitative estimate of drug-likeness (QED) is 0.767. The molecule has 1 aliphatic heterocycles. The molecule has 4 rings (SSSR count). The molecule has 1 atom stereocenters. The third-order valence-electron chi connectivity index (χ3n) is 4.59. The molecule has 0 spiro atoms. The third kappa shape index (κ3) is 2.73. The number of amides is 1. The van der Waals surface area contributed by atoms with E-state index in [1.807, 2.05) is 35.4 Å². The van der Waals surface area contributed by atoms with Crippen LogP contribution in [0, 0.1) is 0 Å². The van der Waals surface area contributed by atoms with Crippen LogP contribution in [0.2, 0.25) is 0 Å². The van der Waals surface area contributed by atoms with Crippen molar-refractivity contribution in [3.8, 4) is 0 Å². The number of carbonyl (C=O) groups is 1. The lowest BCUT2D eigenvalue weighted by molar-refractivity contribution is -0.131. The summed E-state index contributed by atoms with van der Waals surface area (Å²) in [5.74, 6) is -0.0937. The highest BCUT2D eigenvalue weighted by Crippen LogP contribution is 2.26. The summed E-state index contributed by atoms with van der Waals surface area (Å²) >= 11 is 0. The molecule has 2 N–H and O–H groups in total. The second-order valence-corrected chi connectivity index (χ2v) is 6.17. The second kappa shape index (κ2) is 5.99. The fourth-order valence-electron chi connectivity index (χ4n) is 3.37. The van der Waals surface area contributed by atoms with Gasteiger partial charge >= 0.3 is 5.76 Å². The molecule has 1 saturated heterocycles. The van der Waals surface area contributed by atoms with E-state index in [9.17, 15) is 9.59 Å². The van der Waals surface area contributed by atoms with Crippen molar-refractivity contribution in [2.24, 2.45) is 0 Å². The van der Waals surface area contributed by atoms with E-state index < -0.39 is 5.76 Å². The Morgan fingerprint density at radius 3 is 3.08 bits per heavy atom. The van der Waals surface area contributed by atoms with Gasteiger partial charge in [0.25, 0.3) is 0 Å². The molecule has 3 heterocycles. The van der Waals surface area contributed by atoms with E-state index in [-0.39, 0.29) is 11.8 Å². The molecule has 1 fully saturated rings. The summed E-state index contributed by atoms with van der Waals surface area (Å²) in [5.41, 5.74) is 2.04. The molecule has 2 aromatic heterocycles. The summed E-state index contributed by atoms with van der Waals surface area (Å²) in [5, 5.41) is 7.27. The highest BCUT2D eigenvalue weighted by molar-refractivity contribution is 5.88. The fourth-order valence-corrected chi connectivity index (χ4v) is 3.37. The first-order valence-corrected chi connectivity index (χ1v) is 8.09. The molecule has 0 saturated carbocycles. The van der Waals surface area contributed by atoms with Gasteiger partial charge < -0.3 is 14.3 Å². The molecule has 7 nitrogen and oxygen atoms in total. The van der Waals surface area contributed by atoms with Crippen LogP contribution < -0.4 is 5.76 Å². The Kier molecular flexibility index (Phi) is 3.68. The van der Waals surface area contributed by atoms with Crippen molar-refractivity contribution in [2.75, 3.05) is 13.1 Å².